The van der Waals surface area contributed by atoms with Gasteiger partial charge in [-0.2, -0.15) is 0 Å². The molecule has 0 N–H and O–H groups in total. The third-order valence-corrected chi connectivity index (χ3v) is 4.28. The highest BCUT2D eigenvalue weighted by Gasteiger charge is 2.32. The first kappa shape index (κ1) is 16.2. The molecule has 1 saturated heterocycles. The van der Waals surface area contributed by atoms with E-state index in [1.807, 2.05) is 33.1 Å². The van der Waals surface area contributed by atoms with Gasteiger partial charge in [-0.1, -0.05) is 0 Å². The van der Waals surface area contributed by atoms with Crippen LogP contribution in [0, 0.1) is 0 Å². The molecule has 0 aliphatic carbocycles. The summed E-state index contributed by atoms with van der Waals surface area (Å²) in [5.41, 5.74) is -0.459. The number of hydrogen-bond acceptors (Lipinski definition) is 5. The van der Waals surface area contributed by atoms with E-state index in [-0.39, 0.29) is 18.2 Å². The Morgan fingerprint density at radius 3 is 2.95 bits per heavy atom. The number of aromatic nitrogens is 1. The van der Waals surface area contributed by atoms with Crippen LogP contribution in [0.2, 0.25) is 0 Å². The molecule has 6 heteroatoms. The van der Waals surface area contributed by atoms with Crippen LogP contribution in [-0.2, 0) is 9.47 Å². The fourth-order valence-electron chi connectivity index (χ4n) is 2.33. The Morgan fingerprint density at radius 2 is 2.33 bits per heavy atom. The minimum absolute atomic E-state index is 0.0360. The predicted octanol–water partition coefficient (Wildman–Crippen LogP) is 3.62. The Morgan fingerprint density at radius 1 is 1.57 bits per heavy atom. The topological polar surface area (TPSA) is 51.7 Å². The zero-order chi connectivity index (χ0) is 15.5. The van der Waals surface area contributed by atoms with Gasteiger partial charge in [0.15, 0.2) is 0 Å². The van der Waals surface area contributed by atoms with E-state index in [0.29, 0.717) is 6.61 Å². The summed E-state index contributed by atoms with van der Waals surface area (Å²) in [6.45, 7) is 8.92. The summed E-state index contributed by atoms with van der Waals surface area (Å²) in [6, 6.07) is 0.0993. The van der Waals surface area contributed by atoms with E-state index in [2.05, 4.69) is 4.98 Å². The van der Waals surface area contributed by atoms with Gasteiger partial charge in [0, 0.05) is 18.1 Å². The number of nitrogens with zero attached hydrogens (tertiary/aromatic N) is 2. The first-order valence-corrected chi connectivity index (χ1v) is 8.25. The van der Waals surface area contributed by atoms with Crippen LogP contribution in [-0.4, -0.2) is 40.8 Å². The van der Waals surface area contributed by atoms with Gasteiger partial charge in [0.2, 0.25) is 0 Å². The molecule has 5 nitrogen and oxygen atoms in total. The molecule has 0 bridgehead atoms. The first-order valence-electron chi connectivity index (χ1n) is 7.37. The molecule has 1 amide bonds. The maximum absolute atomic E-state index is 12.2. The lowest BCUT2D eigenvalue weighted by Gasteiger charge is -2.29. The number of hydrogen-bond donors (Lipinski definition) is 0. The van der Waals surface area contributed by atoms with E-state index in [0.717, 1.165) is 24.4 Å². The third kappa shape index (κ3) is 4.68. The van der Waals surface area contributed by atoms with E-state index >= 15 is 0 Å². The van der Waals surface area contributed by atoms with Gasteiger partial charge in [0.05, 0.1) is 12.6 Å². The molecule has 0 aromatic carbocycles. The molecule has 1 aliphatic heterocycles. The van der Waals surface area contributed by atoms with Gasteiger partial charge in [0.1, 0.15) is 16.7 Å². The number of amides is 1. The molecule has 2 rings (SSSR count). The summed E-state index contributed by atoms with van der Waals surface area (Å²) in [5, 5.41) is 2.91. The number of carbonyl (C=O) groups is 1. The molecule has 1 aliphatic rings. The van der Waals surface area contributed by atoms with Crippen molar-refractivity contribution in [3.05, 3.63) is 16.6 Å². The lowest BCUT2D eigenvalue weighted by Crippen LogP contribution is -2.41. The Kier molecular flexibility index (Phi) is 5.22. The fourth-order valence-corrected chi connectivity index (χ4v) is 2.97. The molecule has 21 heavy (non-hydrogen) atoms. The molecule has 118 valence electrons. The van der Waals surface area contributed by atoms with Gasteiger partial charge < -0.3 is 14.4 Å². The van der Waals surface area contributed by atoms with Crippen molar-refractivity contribution < 1.29 is 14.3 Å². The maximum Gasteiger partial charge on any atom is 0.410 e. The third-order valence-electron chi connectivity index (χ3n) is 3.34. The normalized spacial score (nSPS) is 20.6. The quantitative estimate of drug-likeness (QED) is 0.852. The lowest BCUT2D eigenvalue weighted by molar-refractivity contribution is -0.00176. The van der Waals surface area contributed by atoms with Crippen LogP contribution in [0.25, 0.3) is 0 Å². The van der Waals surface area contributed by atoms with Gasteiger partial charge in [-0.25, -0.2) is 9.78 Å². The molecular formula is C15H24N2O3S. The highest BCUT2D eigenvalue weighted by atomic mass is 32.1. The van der Waals surface area contributed by atoms with Crippen LogP contribution < -0.4 is 0 Å². The zero-order valence-electron chi connectivity index (χ0n) is 13.2. The van der Waals surface area contributed by atoms with Crippen molar-refractivity contribution >= 4 is 17.4 Å². The number of rotatable bonds is 4. The summed E-state index contributed by atoms with van der Waals surface area (Å²) in [4.78, 5) is 18.2. The van der Waals surface area contributed by atoms with Gasteiger partial charge in [-0.3, -0.25) is 0 Å². The van der Waals surface area contributed by atoms with Gasteiger partial charge in [0.25, 0.3) is 0 Å². The zero-order valence-corrected chi connectivity index (χ0v) is 14.0. The van der Waals surface area contributed by atoms with Gasteiger partial charge in [-0.05, 0) is 40.5 Å². The monoisotopic (exact) mass is 312 g/mol. The summed E-state index contributed by atoms with van der Waals surface area (Å²) < 4.78 is 11.3. The molecule has 0 spiro atoms. The fraction of sp³-hybridized carbons (Fsp3) is 0.733. The molecule has 0 radical (unpaired) electrons. The summed E-state index contributed by atoms with van der Waals surface area (Å²) in [5.74, 6) is 0. The number of carbonyl (C=O) groups excluding carboxylic acids is 1. The number of likely N-dealkylation sites (tertiary alicyclic amines) is 1. The van der Waals surface area contributed by atoms with E-state index < -0.39 is 5.60 Å². The Labute approximate surface area is 130 Å². The summed E-state index contributed by atoms with van der Waals surface area (Å²) in [6.07, 6.45) is 3.46. The van der Waals surface area contributed by atoms with E-state index in [4.69, 9.17) is 9.47 Å². The maximum atomic E-state index is 12.2. The van der Waals surface area contributed by atoms with Crippen LogP contribution in [0.15, 0.2) is 11.6 Å². The van der Waals surface area contributed by atoms with Crippen LogP contribution in [0.3, 0.4) is 0 Å². The molecule has 1 aromatic heterocycles. The predicted molar refractivity (Wildman–Crippen MR) is 82.4 cm³/mol. The summed E-state index contributed by atoms with van der Waals surface area (Å²) in [7, 11) is 0. The average molecular weight is 312 g/mol. The number of thiazole rings is 1. The van der Waals surface area contributed by atoms with Crippen LogP contribution >= 0.6 is 11.3 Å². The Bertz CT molecular complexity index is 456. The van der Waals surface area contributed by atoms with Crippen molar-refractivity contribution in [3.8, 4) is 0 Å². The second-order valence-corrected chi connectivity index (χ2v) is 7.24. The largest absolute Gasteiger partial charge is 0.444 e. The lowest BCUT2D eigenvalue weighted by atomic mass is 10.2. The molecule has 1 fully saturated rings. The minimum Gasteiger partial charge on any atom is -0.444 e. The van der Waals surface area contributed by atoms with Crippen molar-refractivity contribution in [2.45, 2.75) is 58.3 Å². The van der Waals surface area contributed by atoms with E-state index in [9.17, 15) is 4.79 Å². The van der Waals surface area contributed by atoms with Gasteiger partial charge >= 0.3 is 6.09 Å². The van der Waals surface area contributed by atoms with Crippen molar-refractivity contribution in [1.82, 2.24) is 9.88 Å². The van der Waals surface area contributed by atoms with Crippen LogP contribution in [0.1, 0.15) is 51.6 Å². The SMILES string of the molecule is C[C@@H](OC[C@H]1CCCN1C(=O)OC(C)(C)C)c1nccs1. The molecule has 1 aromatic rings. The highest BCUT2D eigenvalue weighted by Crippen LogP contribution is 2.24. The highest BCUT2D eigenvalue weighted by molar-refractivity contribution is 7.09. The van der Waals surface area contributed by atoms with E-state index in [1.54, 1.807) is 22.4 Å². The average Bonchev–Trinajstić information content (AvgIpc) is 3.04. The van der Waals surface area contributed by atoms with E-state index in [1.165, 1.54) is 0 Å². The van der Waals surface area contributed by atoms with Crippen molar-refractivity contribution in [1.29, 1.82) is 0 Å². The van der Waals surface area contributed by atoms with Crippen LogP contribution in [0.5, 0.6) is 0 Å². The summed E-state index contributed by atoms with van der Waals surface area (Å²) >= 11 is 1.59. The molecule has 2 heterocycles. The molecule has 2 atom stereocenters. The van der Waals surface area contributed by atoms with Crippen LogP contribution in [0.4, 0.5) is 4.79 Å². The standard InChI is InChI=1S/C15H24N2O3S/c1-11(13-16-7-9-21-13)19-10-12-6-5-8-17(12)14(18)20-15(2,3)4/h7,9,11-12H,5-6,8,10H2,1-4H3/t11-,12-/m1/s1. The second kappa shape index (κ2) is 6.75. The molecular weight excluding hydrogens is 288 g/mol. The van der Waals surface area contributed by atoms with Crippen molar-refractivity contribution in [2.75, 3.05) is 13.2 Å². The number of ether oxygens (including phenoxy) is 2. The first-order chi connectivity index (χ1) is 9.87. The smallest absolute Gasteiger partial charge is 0.410 e. The second-order valence-electron chi connectivity index (χ2n) is 6.32. The molecule has 0 unspecified atom stereocenters. The van der Waals surface area contributed by atoms with Gasteiger partial charge in [-0.15, -0.1) is 11.3 Å². The molecule has 0 saturated carbocycles. The minimum atomic E-state index is -0.459. The Hall–Kier alpha value is -1.14. The van der Waals surface area contributed by atoms with Crippen molar-refractivity contribution in [2.24, 2.45) is 0 Å². The Balaban J connectivity index is 1.86. The van der Waals surface area contributed by atoms with Crippen molar-refractivity contribution in [3.63, 3.8) is 0 Å².